The van der Waals surface area contributed by atoms with Gasteiger partial charge in [-0.05, 0) is 0 Å². The number of primary amides is 1. The minimum absolute atomic E-state index is 0. The summed E-state index contributed by atoms with van der Waals surface area (Å²) in [5.74, 6) is 3.35. The maximum atomic E-state index is 9.88. The number of hydrogen-bond donors (Lipinski definition) is 3. The molecule has 0 aromatic heterocycles. The van der Waals surface area contributed by atoms with Crippen LogP contribution in [-0.2, 0) is 18.8 Å². The molecule has 0 saturated carbocycles. The monoisotopic (exact) mass is 330 g/mol. The molecule has 1 amide bonds. The van der Waals surface area contributed by atoms with Crippen LogP contribution in [0.25, 0.3) is 0 Å². The smallest absolute Gasteiger partial charge is 0.304 e. The van der Waals surface area contributed by atoms with E-state index in [4.69, 9.17) is 27.9 Å². The number of hydrogen-bond acceptors (Lipinski definition) is 4. The first-order valence-electron chi connectivity index (χ1n) is 4.39. The number of aliphatic carboxylic acids is 1. The van der Waals surface area contributed by atoms with Crippen molar-refractivity contribution in [2.75, 3.05) is 0 Å². The molecule has 0 aliphatic carbocycles. The Morgan fingerprint density at radius 2 is 1.47 bits per heavy atom. The number of rotatable bonds is 4. The summed E-state index contributed by atoms with van der Waals surface area (Å²) in [5.41, 5.74) is 4.74. The topological polar surface area (TPSA) is 132 Å². The van der Waals surface area contributed by atoms with Gasteiger partial charge in [0.25, 0.3) is 0 Å². The van der Waals surface area contributed by atoms with E-state index in [1.807, 2.05) is 0 Å². The highest BCUT2D eigenvalue weighted by molar-refractivity contribution is 8.26. The Hall–Kier alpha value is -1.25. The molecule has 0 aliphatic heterocycles. The van der Waals surface area contributed by atoms with Crippen molar-refractivity contribution in [3.63, 3.8) is 0 Å². The summed E-state index contributed by atoms with van der Waals surface area (Å²) >= 11 is 0. The van der Waals surface area contributed by atoms with Crippen LogP contribution in [0.15, 0.2) is 0 Å². The lowest BCUT2D eigenvalue weighted by atomic mass is 10.3. The number of carboxylic acid groups (broad SMARTS) is 1. The number of carboxylic acids is 1. The van der Waals surface area contributed by atoms with E-state index in [1.54, 1.807) is 0 Å². The molecule has 0 rings (SSSR count). The van der Waals surface area contributed by atoms with Crippen molar-refractivity contribution in [1.29, 1.82) is 0 Å². The van der Waals surface area contributed by atoms with Crippen LogP contribution >= 0.6 is 21.4 Å². The van der Waals surface area contributed by atoms with Gasteiger partial charge in [-0.25, -0.2) is 4.21 Å². The summed E-state index contributed by atoms with van der Waals surface area (Å²) in [6, 6.07) is 0. The molecule has 0 aromatic rings. The van der Waals surface area contributed by atoms with Crippen molar-refractivity contribution in [3.8, 4) is 24.7 Å². The number of terminal acetylenes is 2. The molecule has 0 spiro atoms. The van der Waals surface area contributed by atoms with Crippen molar-refractivity contribution >= 4 is 42.5 Å². The third-order valence-corrected chi connectivity index (χ3v) is 0.999. The second-order valence-electron chi connectivity index (χ2n) is 2.45. The van der Waals surface area contributed by atoms with E-state index in [1.165, 1.54) is 0 Å². The molecular formula is C10H16Cl2N2O4S. The number of nitrogens with two attached hydrogens (primary N) is 1. The van der Waals surface area contributed by atoms with Gasteiger partial charge in [-0.1, -0.05) is 0 Å². The highest BCUT2D eigenvalue weighted by atomic mass is 36.0. The molecule has 19 heavy (non-hydrogen) atoms. The zero-order chi connectivity index (χ0) is 15.0. The highest BCUT2D eigenvalue weighted by Gasteiger charge is 1.89. The van der Waals surface area contributed by atoms with E-state index < -0.39 is 15.2 Å². The fourth-order valence-corrected chi connectivity index (χ4v) is 0.374. The lowest BCUT2D eigenvalue weighted by molar-refractivity contribution is -0.136. The number of carbonyl (C=O) groups is 2. The first-order valence-corrected chi connectivity index (χ1v) is 7.19. The van der Waals surface area contributed by atoms with E-state index >= 15 is 0 Å². The summed E-state index contributed by atoms with van der Waals surface area (Å²) in [4.78, 5) is 19.5. The first kappa shape index (κ1) is 26.3. The van der Waals surface area contributed by atoms with Gasteiger partial charge in [0.1, 0.15) is 0 Å². The van der Waals surface area contributed by atoms with Crippen LogP contribution < -0.4 is 11.9 Å². The Morgan fingerprint density at radius 3 is 1.58 bits per heavy atom. The fourth-order valence-electron chi connectivity index (χ4n) is 0.374. The zero-order valence-electron chi connectivity index (χ0n) is 10.1. The van der Waals surface area contributed by atoms with Crippen molar-refractivity contribution in [1.82, 2.24) is 6.15 Å². The predicted octanol–water partition coefficient (Wildman–Crippen LogP) is 1.57. The van der Waals surface area contributed by atoms with Crippen LogP contribution in [0.2, 0.25) is 0 Å². The summed E-state index contributed by atoms with van der Waals surface area (Å²) in [6.45, 7) is 0. The molecule has 0 atom stereocenters. The zero-order valence-corrected chi connectivity index (χ0v) is 12.4. The highest BCUT2D eigenvalue weighted by Crippen LogP contribution is 1.89. The van der Waals surface area contributed by atoms with Gasteiger partial charge < -0.3 is 17.0 Å². The average Bonchev–Trinajstić information content (AvgIpc) is 2.23. The van der Waals surface area contributed by atoms with Gasteiger partial charge in [0.15, 0.2) is 0 Å². The molecule has 0 radical (unpaired) electrons. The van der Waals surface area contributed by atoms with E-state index in [2.05, 4.69) is 33.2 Å². The van der Waals surface area contributed by atoms with Crippen molar-refractivity contribution in [3.05, 3.63) is 0 Å². The van der Waals surface area contributed by atoms with Crippen LogP contribution in [0.1, 0.15) is 25.7 Å². The van der Waals surface area contributed by atoms with Gasteiger partial charge in [-0.3, -0.25) is 9.59 Å². The van der Waals surface area contributed by atoms with E-state index in [0.29, 0.717) is 19.3 Å². The molecule has 0 heterocycles. The molecule has 9 heteroatoms. The maximum absolute atomic E-state index is 9.88. The van der Waals surface area contributed by atoms with Crippen molar-refractivity contribution in [2.24, 2.45) is 5.73 Å². The van der Waals surface area contributed by atoms with Crippen LogP contribution in [0, 0.1) is 24.7 Å². The predicted molar refractivity (Wildman–Crippen MR) is 77.8 cm³/mol. The van der Waals surface area contributed by atoms with Crippen LogP contribution in [0.4, 0.5) is 0 Å². The van der Waals surface area contributed by atoms with Crippen LogP contribution in [0.5, 0.6) is 0 Å². The Balaban J connectivity index is -0.0000000900. The normalized spacial score (nSPS) is 7.21. The average molecular weight is 331 g/mol. The summed E-state index contributed by atoms with van der Waals surface area (Å²) in [5, 5.41) is 7.95. The SMILES string of the molecule is C#CCCC(=O)O.C#CCCC(N)=O.N.O=S(Cl)Cl. The standard InChI is InChI=1S/C5H7NO.C5H6O2.Cl2OS.H3N/c2*1-2-3-4-5(6)7;1-4(2)3;/h1H,3-4H2,(H2,6,7);1H,3-4H2,(H,6,7);;1H3. The van der Waals surface area contributed by atoms with Crippen molar-refractivity contribution < 1.29 is 18.9 Å². The Labute approximate surface area is 124 Å². The number of halogens is 2. The second-order valence-corrected chi connectivity index (χ2v) is 4.98. The third kappa shape index (κ3) is 80.0. The number of carbonyl (C=O) groups excluding carboxylic acids is 1. The Bertz CT molecular complexity index is 318. The van der Waals surface area contributed by atoms with E-state index in [0.717, 1.165) is 0 Å². The quantitative estimate of drug-likeness (QED) is 0.531. The molecule has 6 nitrogen and oxygen atoms in total. The van der Waals surface area contributed by atoms with Gasteiger partial charge in [0.2, 0.25) is 15.1 Å². The molecule has 0 bridgehead atoms. The van der Waals surface area contributed by atoms with Gasteiger partial charge >= 0.3 is 5.97 Å². The summed E-state index contributed by atoms with van der Waals surface area (Å²) in [7, 11) is 7.36. The minimum Gasteiger partial charge on any atom is -0.481 e. The lowest BCUT2D eigenvalue weighted by Crippen LogP contribution is -2.08. The van der Waals surface area contributed by atoms with Crippen LogP contribution in [0.3, 0.4) is 0 Å². The molecule has 0 saturated heterocycles. The number of amides is 1. The maximum Gasteiger partial charge on any atom is 0.304 e. The van der Waals surface area contributed by atoms with E-state index in [9.17, 15) is 9.59 Å². The molecule has 6 N–H and O–H groups in total. The minimum atomic E-state index is -1.67. The lowest BCUT2D eigenvalue weighted by Gasteiger charge is -1.81. The molecule has 0 fully saturated rings. The molecular weight excluding hydrogens is 315 g/mol. The van der Waals surface area contributed by atoms with Gasteiger partial charge in [0, 0.05) is 40.6 Å². The molecule has 110 valence electrons. The first-order chi connectivity index (χ1) is 8.27. The third-order valence-electron chi connectivity index (χ3n) is 0.999. The molecule has 0 unspecified atom stereocenters. The van der Waals surface area contributed by atoms with Gasteiger partial charge in [-0.15, -0.1) is 24.7 Å². The van der Waals surface area contributed by atoms with Crippen LogP contribution in [-0.4, -0.2) is 21.2 Å². The summed E-state index contributed by atoms with van der Waals surface area (Å²) in [6.07, 6.45) is 10.7. The molecule has 0 aliphatic rings. The van der Waals surface area contributed by atoms with E-state index in [-0.39, 0.29) is 18.5 Å². The Kier molecular flexibility index (Phi) is 30.5. The van der Waals surface area contributed by atoms with Gasteiger partial charge in [0.05, 0.1) is 6.42 Å². The van der Waals surface area contributed by atoms with Crippen molar-refractivity contribution in [2.45, 2.75) is 25.7 Å². The largest absolute Gasteiger partial charge is 0.481 e. The molecule has 0 aromatic carbocycles. The second kappa shape index (κ2) is 22.0. The summed E-state index contributed by atoms with van der Waals surface area (Å²) < 4.78 is 9.09. The Morgan fingerprint density at radius 1 is 1.16 bits per heavy atom. The fraction of sp³-hybridized carbons (Fsp3) is 0.400. The van der Waals surface area contributed by atoms with Gasteiger partial charge in [-0.2, -0.15) is 0 Å².